The first-order valence-corrected chi connectivity index (χ1v) is 8.66. The number of para-hydroxylation sites is 1. The van der Waals surface area contributed by atoms with Crippen LogP contribution in [0.1, 0.15) is 44.1 Å². The van der Waals surface area contributed by atoms with Crippen molar-refractivity contribution in [1.29, 1.82) is 0 Å². The van der Waals surface area contributed by atoms with E-state index >= 15 is 0 Å². The topological polar surface area (TPSA) is 49.3 Å². The molecule has 1 aromatic heterocycles. The van der Waals surface area contributed by atoms with Crippen LogP contribution in [0, 0.1) is 0 Å². The van der Waals surface area contributed by atoms with Crippen molar-refractivity contribution in [2.45, 2.75) is 33.6 Å². The molecule has 0 aliphatic rings. The normalized spacial score (nSPS) is 10.5. The molecule has 1 heterocycles. The van der Waals surface area contributed by atoms with E-state index in [0.29, 0.717) is 18.2 Å². The maximum atomic E-state index is 12.9. The van der Waals surface area contributed by atoms with E-state index in [2.05, 4.69) is 28.7 Å². The van der Waals surface area contributed by atoms with Crippen LogP contribution in [0.4, 0.5) is 11.6 Å². The van der Waals surface area contributed by atoms with E-state index < -0.39 is 0 Å². The predicted molar refractivity (Wildman–Crippen MR) is 98.6 cm³/mol. The van der Waals surface area contributed by atoms with E-state index in [0.717, 1.165) is 31.6 Å². The fraction of sp³-hybridized carbons (Fsp3) is 0.421. The quantitative estimate of drug-likeness (QED) is 0.741. The van der Waals surface area contributed by atoms with Gasteiger partial charge in [0.15, 0.2) is 0 Å². The lowest BCUT2D eigenvalue weighted by Gasteiger charge is -2.23. The Morgan fingerprint density at radius 3 is 2.25 bits per heavy atom. The van der Waals surface area contributed by atoms with Gasteiger partial charge in [0.25, 0.3) is 5.91 Å². The standard InChI is InChI=1S/C19H26N4O/c1-4-14-22(15-5-2)19-20-13-12-17(21-19)18(24)23(6-3)16-10-8-7-9-11-16/h7-13H,4-6,14-15H2,1-3H3. The maximum Gasteiger partial charge on any atom is 0.277 e. The highest BCUT2D eigenvalue weighted by Crippen LogP contribution is 2.17. The van der Waals surface area contributed by atoms with Crippen LogP contribution in [-0.4, -0.2) is 35.5 Å². The van der Waals surface area contributed by atoms with Crippen LogP contribution in [-0.2, 0) is 0 Å². The molecule has 24 heavy (non-hydrogen) atoms. The zero-order valence-electron chi connectivity index (χ0n) is 14.8. The monoisotopic (exact) mass is 326 g/mol. The smallest absolute Gasteiger partial charge is 0.277 e. The summed E-state index contributed by atoms with van der Waals surface area (Å²) in [5.74, 6) is 0.536. The number of hydrogen-bond acceptors (Lipinski definition) is 4. The van der Waals surface area contributed by atoms with Gasteiger partial charge in [0.1, 0.15) is 5.69 Å². The van der Waals surface area contributed by atoms with E-state index in [1.807, 2.05) is 37.3 Å². The number of benzene rings is 1. The Morgan fingerprint density at radius 2 is 1.67 bits per heavy atom. The molecule has 5 nitrogen and oxygen atoms in total. The molecule has 0 spiro atoms. The maximum absolute atomic E-state index is 12.9. The molecule has 2 rings (SSSR count). The molecular formula is C19H26N4O. The van der Waals surface area contributed by atoms with Gasteiger partial charge in [-0.05, 0) is 38.0 Å². The number of aromatic nitrogens is 2. The highest BCUT2D eigenvalue weighted by atomic mass is 16.2. The molecule has 5 heteroatoms. The molecule has 0 saturated carbocycles. The lowest BCUT2D eigenvalue weighted by Crippen LogP contribution is -2.32. The number of rotatable bonds is 8. The van der Waals surface area contributed by atoms with Gasteiger partial charge < -0.3 is 9.80 Å². The van der Waals surface area contributed by atoms with Gasteiger partial charge in [0.05, 0.1) is 0 Å². The molecule has 0 aliphatic heterocycles. The largest absolute Gasteiger partial charge is 0.341 e. The second-order valence-electron chi connectivity index (χ2n) is 5.61. The molecule has 0 radical (unpaired) electrons. The average Bonchev–Trinajstić information content (AvgIpc) is 2.63. The minimum Gasteiger partial charge on any atom is -0.341 e. The summed E-state index contributed by atoms with van der Waals surface area (Å²) >= 11 is 0. The van der Waals surface area contributed by atoms with Crippen LogP contribution in [0.25, 0.3) is 0 Å². The average molecular weight is 326 g/mol. The van der Waals surface area contributed by atoms with Gasteiger partial charge in [-0.3, -0.25) is 4.79 Å². The second kappa shape index (κ2) is 9.01. The summed E-state index contributed by atoms with van der Waals surface area (Å²) in [7, 11) is 0. The van der Waals surface area contributed by atoms with Gasteiger partial charge in [-0.15, -0.1) is 0 Å². The van der Waals surface area contributed by atoms with Gasteiger partial charge in [-0.1, -0.05) is 32.0 Å². The highest BCUT2D eigenvalue weighted by Gasteiger charge is 2.19. The fourth-order valence-electron chi connectivity index (χ4n) is 2.66. The van der Waals surface area contributed by atoms with Crippen LogP contribution in [0.15, 0.2) is 42.6 Å². The first-order valence-electron chi connectivity index (χ1n) is 8.66. The molecular weight excluding hydrogens is 300 g/mol. The van der Waals surface area contributed by atoms with Crippen LogP contribution in [0.3, 0.4) is 0 Å². The zero-order chi connectivity index (χ0) is 17.4. The fourth-order valence-corrected chi connectivity index (χ4v) is 2.66. The first-order chi connectivity index (χ1) is 11.7. The number of carbonyl (C=O) groups excluding carboxylic acids is 1. The van der Waals surface area contributed by atoms with Crippen molar-refractivity contribution in [2.24, 2.45) is 0 Å². The molecule has 1 aromatic carbocycles. The Balaban J connectivity index is 2.27. The SMILES string of the molecule is CCCN(CCC)c1nccc(C(=O)N(CC)c2ccccc2)n1. The van der Waals surface area contributed by atoms with E-state index in [4.69, 9.17) is 0 Å². The van der Waals surface area contributed by atoms with Crippen LogP contribution < -0.4 is 9.80 Å². The molecule has 2 aromatic rings. The number of nitrogens with zero attached hydrogens (tertiary/aromatic N) is 4. The summed E-state index contributed by atoms with van der Waals surface area (Å²) in [5.41, 5.74) is 1.31. The summed E-state index contributed by atoms with van der Waals surface area (Å²) in [6.07, 6.45) is 3.71. The second-order valence-corrected chi connectivity index (χ2v) is 5.61. The molecule has 0 saturated heterocycles. The van der Waals surface area contributed by atoms with Crippen molar-refractivity contribution >= 4 is 17.5 Å². The lowest BCUT2D eigenvalue weighted by molar-refractivity contribution is 0.0983. The van der Waals surface area contributed by atoms with Gasteiger partial charge in [-0.2, -0.15) is 0 Å². The minimum atomic E-state index is -0.0969. The summed E-state index contributed by atoms with van der Waals surface area (Å²) in [6, 6.07) is 11.4. The van der Waals surface area contributed by atoms with Crippen molar-refractivity contribution in [3.05, 3.63) is 48.3 Å². The lowest BCUT2D eigenvalue weighted by atomic mass is 10.2. The Morgan fingerprint density at radius 1 is 1.00 bits per heavy atom. The molecule has 0 unspecified atom stereocenters. The summed E-state index contributed by atoms with van der Waals surface area (Å²) in [6.45, 7) is 8.60. The summed E-state index contributed by atoms with van der Waals surface area (Å²) < 4.78 is 0. The minimum absolute atomic E-state index is 0.0969. The molecule has 1 amide bonds. The Bertz CT molecular complexity index is 639. The highest BCUT2D eigenvalue weighted by molar-refractivity contribution is 6.04. The van der Waals surface area contributed by atoms with Crippen molar-refractivity contribution in [1.82, 2.24) is 9.97 Å². The van der Waals surface area contributed by atoms with Crippen molar-refractivity contribution in [3.63, 3.8) is 0 Å². The van der Waals surface area contributed by atoms with Crippen LogP contribution in [0.5, 0.6) is 0 Å². The number of anilines is 2. The van der Waals surface area contributed by atoms with Crippen LogP contribution in [0.2, 0.25) is 0 Å². The molecule has 0 bridgehead atoms. The van der Waals surface area contributed by atoms with Crippen molar-refractivity contribution < 1.29 is 4.79 Å². The third-order valence-corrected chi connectivity index (χ3v) is 3.76. The van der Waals surface area contributed by atoms with E-state index in [-0.39, 0.29) is 5.91 Å². The third kappa shape index (κ3) is 4.31. The number of hydrogen-bond donors (Lipinski definition) is 0. The molecule has 128 valence electrons. The Labute approximate surface area is 144 Å². The van der Waals surface area contributed by atoms with E-state index in [9.17, 15) is 4.79 Å². The van der Waals surface area contributed by atoms with E-state index in [1.54, 1.807) is 17.2 Å². The van der Waals surface area contributed by atoms with Gasteiger partial charge in [-0.25, -0.2) is 9.97 Å². The number of amides is 1. The third-order valence-electron chi connectivity index (χ3n) is 3.76. The number of carbonyl (C=O) groups is 1. The molecule has 0 atom stereocenters. The van der Waals surface area contributed by atoms with Crippen molar-refractivity contribution in [3.8, 4) is 0 Å². The summed E-state index contributed by atoms with van der Waals surface area (Å²) in [4.78, 5) is 25.6. The van der Waals surface area contributed by atoms with Gasteiger partial charge in [0.2, 0.25) is 5.95 Å². The molecule has 0 N–H and O–H groups in total. The molecule has 0 fully saturated rings. The Kier molecular flexibility index (Phi) is 6.73. The van der Waals surface area contributed by atoms with E-state index in [1.165, 1.54) is 0 Å². The van der Waals surface area contributed by atoms with Gasteiger partial charge in [0, 0.05) is 31.5 Å². The van der Waals surface area contributed by atoms with Crippen molar-refractivity contribution in [2.75, 3.05) is 29.4 Å². The molecule has 0 aliphatic carbocycles. The van der Waals surface area contributed by atoms with Crippen LogP contribution >= 0.6 is 0 Å². The zero-order valence-corrected chi connectivity index (χ0v) is 14.8. The Hall–Kier alpha value is -2.43. The first kappa shape index (κ1) is 17.9. The summed E-state index contributed by atoms with van der Waals surface area (Å²) in [5, 5.41) is 0. The van der Waals surface area contributed by atoms with Gasteiger partial charge >= 0.3 is 0 Å². The predicted octanol–water partition coefficient (Wildman–Crippen LogP) is 3.77.